The van der Waals surface area contributed by atoms with E-state index >= 15 is 0 Å². The number of furan rings is 1. The van der Waals surface area contributed by atoms with Crippen molar-refractivity contribution in [1.82, 2.24) is 19.7 Å². The van der Waals surface area contributed by atoms with Crippen molar-refractivity contribution in [3.8, 4) is 5.69 Å². The summed E-state index contributed by atoms with van der Waals surface area (Å²) in [4.78, 5) is 18.6. The molecule has 4 rings (SSSR count). The Kier molecular flexibility index (Phi) is 4.69. The molecule has 1 atom stereocenters. The fourth-order valence-corrected chi connectivity index (χ4v) is 3.30. The van der Waals surface area contributed by atoms with Gasteiger partial charge in [0.2, 0.25) is 5.91 Å². The van der Waals surface area contributed by atoms with Gasteiger partial charge in [0.05, 0.1) is 24.4 Å². The first-order valence-electron chi connectivity index (χ1n) is 9.20. The summed E-state index contributed by atoms with van der Waals surface area (Å²) in [6.07, 6.45) is 5.16. The highest BCUT2D eigenvalue weighted by Gasteiger charge is 2.19. The van der Waals surface area contributed by atoms with Gasteiger partial charge < -0.3 is 9.32 Å². The Bertz CT molecular complexity index is 1100. The van der Waals surface area contributed by atoms with Crippen LogP contribution in [-0.4, -0.2) is 32.6 Å². The van der Waals surface area contributed by atoms with Crippen molar-refractivity contribution in [3.63, 3.8) is 0 Å². The molecule has 2 aromatic carbocycles. The van der Waals surface area contributed by atoms with Gasteiger partial charge >= 0.3 is 0 Å². The Morgan fingerprint density at radius 2 is 2.00 bits per heavy atom. The monoisotopic (exact) mass is 374 g/mol. The molecule has 142 valence electrons. The van der Waals surface area contributed by atoms with Crippen molar-refractivity contribution in [2.45, 2.75) is 26.3 Å². The zero-order valence-corrected chi connectivity index (χ0v) is 16.2. The number of amides is 1. The summed E-state index contributed by atoms with van der Waals surface area (Å²) in [5.74, 6) is 0.0520. The summed E-state index contributed by atoms with van der Waals surface area (Å²) < 4.78 is 7.32. The Morgan fingerprint density at radius 3 is 2.71 bits per heavy atom. The van der Waals surface area contributed by atoms with Crippen molar-refractivity contribution >= 4 is 16.9 Å². The normalized spacial score (nSPS) is 12.2. The summed E-state index contributed by atoms with van der Waals surface area (Å²) in [7, 11) is 1.84. The smallest absolute Gasteiger partial charge is 0.227 e. The van der Waals surface area contributed by atoms with Gasteiger partial charge in [-0.25, -0.2) is 9.67 Å². The summed E-state index contributed by atoms with van der Waals surface area (Å²) in [5, 5.41) is 5.13. The second-order valence-electron chi connectivity index (χ2n) is 7.05. The van der Waals surface area contributed by atoms with Gasteiger partial charge in [-0.15, -0.1) is 0 Å². The maximum absolute atomic E-state index is 12.9. The second-order valence-corrected chi connectivity index (χ2v) is 7.05. The number of likely N-dealkylation sites (N-methyl/N-ethyl adjacent to an activating group) is 1. The molecular formula is C22H22N4O2. The molecule has 4 aromatic rings. The van der Waals surface area contributed by atoms with Crippen LogP contribution < -0.4 is 0 Å². The van der Waals surface area contributed by atoms with Gasteiger partial charge in [0.1, 0.15) is 18.2 Å². The molecule has 0 fully saturated rings. The standard InChI is InChI=1S/C22H22N4O2/c1-15-4-9-20-18(12-28-21(20)10-15)11-22(27)25(3)16(2)17-5-7-19(8-6-17)26-14-23-13-24-26/h4-10,12-14,16H,11H2,1-3H3. The molecule has 1 unspecified atom stereocenters. The highest BCUT2D eigenvalue weighted by atomic mass is 16.3. The molecule has 6 nitrogen and oxygen atoms in total. The second kappa shape index (κ2) is 7.31. The van der Waals surface area contributed by atoms with E-state index in [0.717, 1.165) is 33.3 Å². The number of benzene rings is 2. The first-order valence-corrected chi connectivity index (χ1v) is 9.20. The van der Waals surface area contributed by atoms with Gasteiger partial charge in [-0.1, -0.05) is 24.3 Å². The molecule has 2 heterocycles. The number of carbonyl (C=O) groups excluding carboxylic acids is 1. The van der Waals surface area contributed by atoms with Crippen molar-refractivity contribution < 1.29 is 9.21 Å². The average molecular weight is 374 g/mol. The molecular weight excluding hydrogens is 352 g/mol. The molecule has 0 radical (unpaired) electrons. The molecule has 2 aromatic heterocycles. The average Bonchev–Trinajstić information content (AvgIpc) is 3.37. The lowest BCUT2D eigenvalue weighted by molar-refractivity contribution is -0.131. The molecule has 0 saturated heterocycles. The largest absolute Gasteiger partial charge is 0.464 e. The van der Waals surface area contributed by atoms with E-state index in [1.54, 1.807) is 22.2 Å². The molecule has 0 aliphatic carbocycles. The highest BCUT2D eigenvalue weighted by molar-refractivity contribution is 5.88. The molecule has 0 N–H and O–H groups in total. The Balaban J connectivity index is 1.48. The molecule has 0 saturated carbocycles. The lowest BCUT2D eigenvalue weighted by Gasteiger charge is -2.25. The number of aromatic nitrogens is 3. The van der Waals surface area contributed by atoms with Crippen LogP contribution in [0.15, 0.2) is 65.8 Å². The van der Waals surface area contributed by atoms with Crippen LogP contribution >= 0.6 is 0 Å². The number of rotatable bonds is 5. The SMILES string of the molecule is Cc1ccc2c(CC(=O)N(C)C(C)c3ccc(-n4cncn4)cc3)coc2c1. The third-order valence-electron chi connectivity index (χ3n) is 5.19. The van der Waals surface area contributed by atoms with Crippen LogP contribution in [-0.2, 0) is 11.2 Å². The van der Waals surface area contributed by atoms with Gasteiger partial charge in [-0.05, 0) is 43.2 Å². The lowest BCUT2D eigenvalue weighted by atomic mass is 10.0. The zero-order chi connectivity index (χ0) is 19.7. The van der Waals surface area contributed by atoms with Crippen LogP contribution in [0.1, 0.15) is 29.7 Å². The lowest BCUT2D eigenvalue weighted by Crippen LogP contribution is -2.30. The summed E-state index contributed by atoms with van der Waals surface area (Å²) in [6.45, 7) is 4.05. The van der Waals surface area contributed by atoms with E-state index in [1.165, 1.54) is 6.33 Å². The van der Waals surface area contributed by atoms with Crippen LogP contribution in [0.5, 0.6) is 0 Å². The molecule has 0 aliphatic heterocycles. The predicted octanol–water partition coefficient (Wildman–Crippen LogP) is 4.08. The topological polar surface area (TPSA) is 64.2 Å². The van der Waals surface area contributed by atoms with Crippen molar-refractivity contribution in [2.75, 3.05) is 7.05 Å². The number of carbonyl (C=O) groups is 1. The summed E-state index contributed by atoms with van der Waals surface area (Å²) >= 11 is 0. The van der Waals surface area contributed by atoms with Crippen LogP contribution in [0.3, 0.4) is 0 Å². The molecule has 1 amide bonds. The van der Waals surface area contributed by atoms with Crippen LogP contribution in [0.25, 0.3) is 16.7 Å². The number of fused-ring (bicyclic) bond motifs is 1. The van der Waals surface area contributed by atoms with Crippen LogP contribution in [0.4, 0.5) is 0 Å². The number of hydrogen-bond acceptors (Lipinski definition) is 4. The quantitative estimate of drug-likeness (QED) is 0.528. The van der Waals surface area contributed by atoms with E-state index in [1.807, 2.05) is 63.4 Å². The minimum Gasteiger partial charge on any atom is -0.464 e. The molecule has 0 bridgehead atoms. The Hall–Kier alpha value is -3.41. The maximum atomic E-state index is 12.9. The van der Waals surface area contributed by atoms with Gasteiger partial charge in [-0.2, -0.15) is 5.10 Å². The Morgan fingerprint density at radius 1 is 1.21 bits per heavy atom. The first kappa shape index (κ1) is 18.0. The summed E-state index contributed by atoms with van der Waals surface area (Å²) in [6, 6.07) is 14.0. The molecule has 0 aliphatic rings. The maximum Gasteiger partial charge on any atom is 0.227 e. The molecule has 0 spiro atoms. The number of hydrogen-bond donors (Lipinski definition) is 0. The van der Waals surface area contributed by atoms with E-state index in [4.69, 9.17) is 4.42 Å². The van der Waals surface area contributed by atoms with E-state index in [-0.39, 0.29) is 11.9 Å². The predicted molar refractivity (Wildman–Crippen MR) is 107 cm³/mol. The van der Waals surface area contributed by atoms with Crippen molar-refractivity contribution in [1.29, 1.82) is 0 Å². The van der Waals surface area contributed by atoms with Gasteiger partial charge in [0.25, 0.3) is 0 Å². The van der Waals surface area contributed by atoms with Gasteiger partial charge in [0, 0.05) is 18.0 Å². The fraction of sp³-hybridized carbons (Fsp3) is 0.227. The van der Waals surface area contributed by atoms with Crippen LogP contribution in [0.2, 0.25) is 0 Å². The minimum atomic E-state index is -0.0438. The van der Waals surface area contributed by atoms with Gasteiger partial charge in [-0.3, -0.25) is 4.79 Å². The molecule has 28 heavy (non-hydrogen) atoms. The van der Waals surface area contributed by atoms with E-state index in [2.05, 4.69) is 10.1 Å². The van der Waals surface area contributed by atoms with E-state index in [9.17, 15) is 4.79 Å². The van der Waals surface area contributed by atoms with Gasteiger partial charge in [0.15, 0.2) is 0 Å². The third-order valence-corrected chi connectivity index (χ3v) is 5.19. The number of aryl methyl sites for hydroxylation is 1. The minimum absolute atomic E-state index is 0.0438. The van der Waals surface area contributed by atoms with Crippen LogP contribution in [0, 0.1) is 6.92 Å². The highest BCUT2D eigenvalue weighted by Crippen LogP contribution is 2.25. The summed E-state index contributed by atoms with van der Waals surface area (Å²) in [5.41, 5.74) is 4.87. The van der Waals surface area contributed by atoms with Crippen molar-refractivity contribution in [2.24, 2.45) is 0 Å². The third kappa shape index (κ3) is 3.41. The van der Waals surface area contributed by atoms with E-state index in [0.29, 0.717) is 6.42 Å². The zero-order valence-electron chi connectivity index (χ0n) is 16.2. The number of nitrogens with zero attached hydrogens (tertiary/aromatic N) is 4. The Labute approximate surface area is 163 Å². The van der Waals surface area contributed by atoms with Crippen molar-refractivity contribution in [3.05, 3.63) is 78.1 Å². The molecule has 6 heteroatoms. The van der Waals surface area contributed by atoms with E-state index < -0.39 is 0 Å². The fourth-order valence-electron chi connectivity index (χ4n) is 3.30. The first-order chi connectivity index (χ1) is 13.5.